The Bertz CT molecular complexity index is 1280. The van der Waals surface area contributed by atoms with Crippen molar-refractivity contribution in [3.8, 4) is 22.9 Å². The Kier molecular flexibility index (Phi) is 5.23. The van der Waals surface area contributed by atoms with Crippen LogP contribution in [-0.4, -0.2) is 51.9 Å². The van der Waals surface area contributed by atoms with Gasteiger partial charge in [0, 0.05) is 37.0 Å². The molecule has 0 aliphatic carbocycles. The highest BCUT2D eigenvalue weighted by Crippen LogP contribution is 2.25. The molecule has 0 N–H and O–H groups in total. The molecule has 0 unspecified atom stereocenters. The van der Waals surface area contributed by atoms with Gasteiger partial charge in [-0.15, -0.1) is 0 Å². The van der Waals surface area contributed by atoms with Gasteiger partial charge in [0.15, 0.2) is 0 Å². The van der Waals surface area contributed by atoms with Gasteiger partial charge in [-0.1, -0.05) is 30.3 Å². The van der Waals surface area contributed by atoms with Crippen molar-refractivity contribution in [2.24, 2.45) is 7.05 Å². The second kappa shape index (κ2) is 8.34. The van der Waals surface area contributed by atoms with Crippen molar-refractivity contribution in [3.05, 3.63) is 72.4 Å². The molecule has 1 amide bonds. The molecule has 0 saturated carbocycles. The number of nitrogens with zero attached hydrogens (tertiary/aromatic N) is 4. The minimum absolute atomic E-state index is 0.0493. The Hall–Kier alpha value is -3.87. The number of aromatic nitrogens is 3. The first kappa shape index (κ1) is 20.1. The summed E-state index contributed by atoms with van der Waals surface area (Å²) in [5.41, 5.74) is 3.09. The summed E-state index contributed by atoms with van der Waals surface area (Å²) in [6, 6.07) is 21.3. The third kappa shape index (κ3) is 3.89. The highest BCUT2D eigenvalue weighted by molar-refractivity contribution is 5.94. The minimum atomic E-state index is -0.0845. The monoisotopic (exact) mass is 428 g/mol. The summed E-state index contributed by atoms with van der Waals surface area (Å²) >= 11 is 0. The second-order valence-electron chi connectivity index (χ2n) is 7.89. The van der Waals surface area contributed by atoms with Crippen LogP contribution in [0.15, 0.2) is 66.7 Å². The summed E-state index contributed by atoms with van der Waals surface area (Å²) in [5, 5.41) is 5.61. The number of fused-ring (bicyclic) bond motifs is 1. The number of pyridine rings is 1. The topological polar surface area (TPSA) is 69.5 Å². The molecule has 1 aliphatic rings. The smallest absolute Gasteiger partial charge is 0.272 e. The Balaban J connectivity index is 1.28. The number of aryl methyl sites for hydroxylation is 1. The Morgan fingerprint density at radius 2 is 1.94 bits per heavy atom. The number of rotatable bonds is 5. The van der Waals surface area contributed by atoms with Crippen molar-refractivity contribution in [3.63, 3.8) is 0 Å². The molecule has 0 bridgehead atoms. The zero-order valence-electron chi connectivity index (χ0n) is 18.1. The fraction of sp³-hybridized carbons (Fsp3) is 0.240. The zero-order chi connectivity index (χ0) is 22.1. The molecule has 2 aromatic carbocycles. The molecule has 0 radical (unpaired) electrons. The normalized spacial score (nSPS) is 15.8. The molecule has 2 aromatic heterocycles. The number of para-hydroxylation sites is 1. The van der Waals surface area contributed by atoms with Gasteiger partial charge in [-0.05, 0) is 30.3 Å². The Morgan fingerprint density at radius 3 is 2.81 bits per heavy atom. The van der Waals surface area contributed by atoms with Crippen molar-refractivity contribution in [2.75, 3.05) is 20.2 Å². The summed E-state index contributed by atoms with van der Waals surface area (Å²) in [7, 11) is 3.42. The van der Waals surface area contributed by atoms with Crippen molar-refractivity contribution in [1.29, 1.82) is 0 Å². The lowest BCUT2D eigenvalue weighted by Crippen LogP contribution is -2.32. The van der Waals surface area contributed by atoms with E-state index in [4.69, 9.17) is 9.47 Å². The molecular weight excluding hydrogens is 404 g/mol. The first-order valence-corrected chi connectivity index (χ1v) is 10.6. The molecule has 1 fully saturated rings. The average Bonchev–Trinajstić information content (AvgIpc) is 3.45. The van der Waals surface area contributed by atoms with E-state index < -0.39 is 0 Å². The van der Waals surface area contributed by atoms with Gasteiger partial charge in [0.05, 0.1) is 24.9 Å². The Labute approximate surface area is 186 Å². The average molecular weight is 428 g/mol. The SMILES string of the molecule is COc1cccc(-c2cc(C(=O)N3CC[C@@H](Oc4ccc5ccccc5n4)C3)n(C)n2)c1. The molecule has 1 atom stereocenters. The Morgan fingerprint density at radius 1 is 1.06 bits per heavy atom. The van der Waals surface area contributed by atoms with Crippen LogP contribution in [0.2, 0.25) is 0 Å². The van der Waals surface area contributed by atoms with Gasteiger partial charge < -0.3 is 14.4 Å². The number of benzene rings is 2. The number of carbonyl (C=O) groups is 1. The summed E-state index contributed by atoms with van der Waals surface area (Å²) in [6.45, 7) is 1.16. The lowest BCUT2D eigenvalue weighted by Gasteiger charge is -2.17. The number of hydrogen-bond donors (Lipinski definition) is 0. The zero-order valence-corrected chi connectivity index (χ0v) is 18.1. The summed E-state index contributed by atoms with van der Waals surface area (Å²) in [6.07, 6.45) is 0.680. The van der Waals surface area contributed by atoms with Crippen molar-refractivity contribution in [1.82, 2.24) is 19.7 Å². The van der Waals surface area contributed by atoms with Crippen LogP contribution in [0.1, 0.15) is 16.9 Å². The molecule has 3 heterocycles. The molecule has 1 saturated heterocycles. The molecule has 1 aliphatic heterocycles. The molecule has 4 aromatic rings. The van der Waals surface area contributed by atoms with E-state index in [2.05, 4.69) is 10.1 Å². The van der Waals surface area contributed by atoms with E-state index in [1.165, 1.54) is 0 Å². The van der Waals surface area contributed by atoms with Crippen LogP contribution in [0.5, 0.6) is 11.6 Å². The van der Waals surface area contributed by atoms with Crippen molar-refractivity contribution in [2.45, 2.75) is 12.5 Å². The minimum Gasteiger partial charge on any atom is -0.497 e. The van der Waals surface area contributed by atoms with E-state index >= 15 is 0 Å². The van der Waals surface area contributed by atoms with Crippen LogP contribution in [0.25, 0.3) is 22.2 Å². The predicted molar refractivity (Wildman–Crippen MR) is 122 cm³/mol. The maximum Gasteiger partial charge on any atom is 0.272 e. The van der Waals surface area contributed by atoms with Crippen molar-refractivity contribution >= 4 is 16.8 Å². The van der Waals surface area contributed by atoms with E-state index in [1.54, 1.807) is 18.8 Å². The van der Waals surface area contributed by atoms with Crippen LogP contribution in [0.4, 0.5) is 0 Å². The molecule has 0 spiro atoms. The molecule has 32 heavy (non-hydrogen) atoms. The molecule has 7 nitrogen and oxygen atoms in total. The predicted octanol–water partition coefficient (Wildman–Crippen LogP) is 3.94. The molecular formula is C25H24N4O3. The largest absolute Gasteiger partial charge is 0.497 e. The molecule has 162 valence electrons. The number of methoxy groups -OCH3 is 1. The van der Waals surface area contributed by atoms with Gasteiger partial charge in [0.1, 0.15) is 17.5 Å². The lowest BCUT2D eigenvalue weighted by atomic mass is 10.1. The summed E-state index contributed by atoms with van der Waals surface area (Å²) in [5.74, 6) is 1.29. The third-order valence-electron chi connectivity index (χ3n) is 5.76. The summed E-state index contributed by atoms with van der Waals surface area (Å²) < 4.78 is 13.0. The van der Waals surface area contributed by atoms with Crippen LogP contribution in [0.3, 0.4) is 0 Å². The number of ether oxygens (including phenoxy) is 2. The van der Waals surface area contributed by atoms with Gasteiger partial charge >= 0.3 is 0 Å². The first-order chi connectivity index (χ1) is 15.6. The fourth-order valence-electron chi connectivity index (χ4n) is 4.05. The van der Waals surface area contributed by atoms with E-state index in [0.29, 0.717) is 24.7 Å². The second-order valence-corrected chi connectivity index (χ2v) is 7.89. The summed E-state index contributed by atoms with van der Waals surface area (Å²) in [4.78, 5) is 19.6. The lowest BCUT2D eigenvalue weighted by molar-refractivity contribution is 0.0760. The number of hydrogen-bond acceptors (Lipinski definition) is 5. The number of amides is 1. The van der Waals surface area contributed by atoms with E-state index in [1.807, 2.05) is 71.6 Å². The van der Waals surface area contributed by atoms with Gasteiger partial charge in [0.2, 0.25) is 5.88 Å². The van der Waals surface area contributed by atoms with Gasteiger partial charge in [-0.3, -0.25) is 9.48 Å². The van der Waals surface area contributed by atoms with Crippen LogP contribution >= 0.6 is 0 Å². The number of carbonyl (C=O) groups excluding carboxylic acids is 1. The van der Waals surface area contributed by atoms with E-state index in [9.17, 15) is 4.79 Å². The molecule has 7 heteroatoms. The van der Waals surface area contributed by atoms with Crippen LogP contribution in [0, 0.1) is 0 Å². The van der Waals surface area contributed by atoms with E-state index in [-0.39, 0.29) is 12.0 Å². The fourth-order valence-corrected chi connectivity index (χ4v) is 4.05. The standard InChI is InChI=1S/C25H24N4O3/c1-28-23(15-22(27-28)18-7-5-8-19(14-18)31-2)25(30)29-13-12-20(16-29)32-24-11-10-17-6-3-4-9-21(17)26-24/h3-11,14-15,20H,12-13,16H2,1-2H3/t20-/m1/s1. The quantitative estimate of drug-likeness (QED) is 0.482. The van der Waals surface area contributed by atoms with Gasteiger partial charge in [-0.25, -0.2) is 4.98 Å². The third-order valence-corrected chi connectivity index (χ3v) is 5.76. The van der Waals surface area contributed by atoms with Gasteiger partial charge in [0.25, 0.3) is 5.91 Å². The molecule has 5 rings (SSSR count). The highest BCUT2D eigenvalue weighted by Gasteiger charge is 2.30. The van der Waals surface area contributed by atoms with Crippen LogP contribution in [-0.2, 0) is 7.05 Å². The maximum absolute atomic E-state index is 13.2. The van der Waals surface area contributed by atoms with Crippen LogP contribution < -0.4 is 9.47 Å². The highest BCUT2D eigenvalue weighted by atomic mass is 16.5. The van der Waals surface area contributed by atoms with Crippen molar-refractivity contribution < 1.29 is 14.3 Å². The number of likely N-dealkylation sites (tertiary alicyclic amines) is 1. The van der Waals surface area contributed by atoms with Gasteiger partial charge in [-0.2, -0.15) is 5.10 Å². The maximum atomic E-state index is 13.2. The van der Waals surface area contributed by atoms with E-state index in [0.717, 1.165) is 34.3 Å². The first-order valence-electron chi connectivity index (χ1n) is 10.6.